The summed E-state index contributed by atoms with van der Waals surface area (Å²) in [5.41, 5.74) is 7.57. The number of hydrogen-bond donors (Lipinski definition) is 2. The number of carbonyl (C=O) groups excluding carboxylic acids is 1. The van der Waals surface area contributed by atoms with Crippen molar-refractivity contribution in [1.82, 2.24) is 0 Å². The third-order valence-corrected chi connectivity index (χ3v) is 4.97. The van der Waals surface area contributed by atoms with Gasteiger partial charge in [-0.25, -0.2) is 10.6 Å². The smallest absolute Gasteiger partial charge is 0.341 e. The highest BCUT2D eigenvalue weighted by atomic mass is 32.1. The summed E-state index contributed by atoms with van der Waals surface area (Å²) < 4.78 is 5.22. The highest BCUT2D eigenvalue weighted by Crippen LogP contribution is 2.41. The number of aryl methyl sites for hydroxylation is 3. The first-order valence-corrected chi connectivity index (χ1v) is 8.22. The van der Waals surface area contributed by atoms with Crippen molar-refractivity contribution < 1.29 is 9.53 Å². The molecule has 1 heterocycles. The zero-order valence-corrected chi connectivity index (χ0v) is 14.3. The lowest BCUT2D eigenvalue weighted by Crippen LogP contribution is -2.12. The molecule has 0 radical (unpaired) electrons. The average molecular weight is 318 g/mol. The Balaban J connectivity index is 2.68. The van der Waals surface area contributed by atoms with Crippen LogP contribution in [0.1, 0.15) is 40.2 Å². The molecule has 0 fully saturated rings. The number of rotatable bonds is 5. The van der Waals surface area contributed by atoms with Crippen molar-refractivity contribution in [1.29, 1.82) is 0 Å². The second-order valence-electron chi connectivity index (χ2n) is 5.12. The van der Waals surface area contributed by atoms with Crippen molar-refractivity contribution in [3.63, 3.8) is 0 Å². The number of hydrazine groups is 1. The van der Waals surface area contributed by atoms with E-state index in [-0.39, 0.29) is 5.97 Å². The van der Waals surface area contributed by atoms with E-state index in [2.05, 4.69) is 38.3 Å². The van der Waals surface area contributed by atoms with Crippen LogP contribution in [0, 0.1) is 13.8 Å². The van der Waals surface area contributed by atoms with Crippen molar-refractivity contribution in [3.8, 4) is 11.1 Å². The molecule has 118 valence electrons. The predicted octanol–water partition coefficient (Wildman–Crippen LogP) is 4.06. The molecule has 5 heteroatoms. The largest absolute Gasteiger partial charge is 0.462 e. The fraction of sp³-hybridized carbons (Fsp3) is 0.353. The molecule has 1 aromatic heterocycles. The summed E-state index contributed by atoms with van der Waals surface area (Å²) in [7, 11) is 0. The second kappa shape index (κ2) is 6.94. The van der Waals surface area contributed by atoms with Gasteiger partial charge in [-0.1, -0.05) is 25.1 Å². The molecule has 0 saturated heterocycles. The Morgan fingerprint density at radius 2 is 2.00 bits per heavy atom. The van der Waals surface area contributed by atoms with Crippen molar-refractivity contribution in [2.24, 2.45) is 5.84 Å². The Kier molecular flexibility index (Phi) is 5.21. The quantitative estimate of drug-likeness (QED) is 0.496. The van der Waals surface area contributed by atoms with Crippen LogP contribution in [0.25, 0.3) is 11.1 Å². The maximum Gasteiger partial charge on any atom is 0.341 e. The Hall–Kier alpha value is -1.85. The van der Waals surface area contributed by atoms with Crippen LogP contribution in [0.2, 0.25) is 0 Å². The van der Waals surface area contributed by atoms with E-state index >= 15 is 0 Å². The second-order valence-corrected chi connectivity index (χ2v) is 6.23. The zero-order chi connectivity index (χ0) is 16.3. The van der Waals surface area contributed by atoms with E-state index in [4.69, 9.17) is 10.6 Å². The molecule has 0 aliphatic rings. The topological polar surface area (TPSA) is 64.3 Å². The van der Waals surface area contributed by atoms with Crippen molar-refractivity contribution in [3.05, 3.63) is 39.8 Å². The summed E-state index contributed by atoms with van der Waals surface area (Å²) in [5, 5.41) is 0.656. The van der Waals surface area contributed by atoms with E-state index < -0.39 is 0 Å². The Morgan fingerprint density at radius 3 is 2.55 bits per heavy atom. The third kappa shape index (κ3) is 3.00. The lowest BCUT2D eigenvalue weighted by molar-refractivity contribution is 0.0529. The fourth-order valence-corrected chi connectivity index (χ4v) is 3.49. The van der Waals surface area contributed by atoms with Crippen LogP contribution in [0.4, 0.5) is 5.00 Å². The van der Waals surface area contributed by atoms with Crippen LogP contribution in [-0.2, 0) is 11.2 Å². The van der Waals surface area contributed by atoms with Gasteiger partial charge in [0.2, 0.25) is 0 Å². The first-order valence-electron chi connectivity index (χ1n) is 7.40. The number of nitrogen functional groups attached to an aromatic ring is 1. The minimum Gasteiger partial charge on any atom is -0.462 e. The number of carbonyl (C=O) groups is 1. The van der Waals surface area contributed by atoms with Gasteiger partial charge in [-0.05, 0) is 43.9 Å². The molecule has 0 spiro atoms. The van der Waals surface area contributed by atoms with Gasteiger partial charge in [0.1, 0.15) is 10.6 Å². The molecule has 0 bridgehead atoms. The number of nitrogens with two attached hydrogens (primary N) is 1. The predicted molar refractivity (Wildman–Crippen MR) is 92.4 cm³/mol. The molecule has 0 unspecified atom stereocenters. The summed E-state index contributed by atoms with van der Waals surface area (Å²) in [4.78, 5) is 13.5. The normalized spacial score (nSPS) is 10.6. The Morgan fingerprint density at radius 1 is 1.27 bits per heavy atom. The van der Waals surface area contributed by atoms with E-state index in [9.17, 15) is 4.79 Å². The van der Waals surface area contributed by atoms with Gasteiger partial charge in [-0.2, -0.15) is 0 Å². The number of esters is 1. The highest BCUT2D eigenvalue weighted by Gasteiger charge is 2.25. The van der Waals surface area contributed by atoms with Gasteiger partial charge in [-0.3, -0.25) is 0 Å². The number of hydrogen-bond acceptors (Lipinski definition) is 5. The van der Waals surface area contributed by atoms with Crippen molar-refractivity contribution in [2.75, 3.05) is 12.0 Å². The summed E-state index contributed by atoms with van der Waals surface area (Å²) >= 11 is 1.51. The van der Waals surface area contributed by atoms with Crippen molar-refractivity contribution in [2.45, 2.75) is 34.1 Å². The molecule has 0 saturated carbocycles. The first kappa shape index (κ1) is 16.5. The van der Waals surface area contributed by atoms with E-state index in [1.165, 1.54) is 22.5 Å². The highest BCUT2D eigenvalue weighted by molar-refractivity contribution is 7.17. The lowest BCUT2D eigenvalue weighted by Gasteiger charge is -2.10. The molecule has 0 amide bonds. The van der Waals surface area contributed by atoms with E-state index in [0.29, 0.717) is 17.2 Å². The van der Waals surface area contributed by atoms with Gasteiger partial charge >= 0.3 is 5.97 Å². The maximum absolute atomic E-state index is 12.4. The van der Waals surface area contributed by atoms with E-state index in [1.807, 2.05) is 6.07 Å². The number of thiophene rings is 1. The molecule has 2 aromatic rings. The lowest BCUT2D eigenvalue weighted by atomic mass is 9.97. The van der Waals surface area contributed by atoms with Gasteiger partial charge in [0.05, 0.1) is 6.61 Å². The van der Waals surface area contributed by atoms with Gasteiger partial charge in [0.25, 0.3) is 0 Å². The van der Waals surface area contributed by atoms with Crippen LogP contribution < -0.4 is 11.3 Å². The van der Waals surface area contributed by atoms with E-state index in [1.54, 1.807) is 6.92 Å². The number of anilines is 1. The summed E-state index contributed by atoms with van der Waals surface area (Å²) in [6, 6.07) is 6.23. The van der Waals surface area contributed by atoms with Crippen LogP contribution in [0.15, 0.2) is 18.2 Å². The van der Waals surface area contributed by atoms with Gasteiger partial charge in [-0.15, -0.1) is 11.3 Å². The molecule has 2 rings (SSSR count). The minimum absolute atomic E-state index is 0.334. The average Bonchev–Trinajstić information content (AvgIpc) is 2.89. The molecule has 0 atom stereocenters. The van der Waals surface area contributed by atoms with Gasteiger partial charge in [0.15, 0.2) is 0 Å². The number of nitrogens with one attached hydrogen (secondary N) is 1. The van der Waals surface area contributed by atoms with Crippen LogP contribution in [-0.4, -0.2) is 12.6 Å². The molecular weight excluding hydrogens is 296 g/mol. The molecule has 22 heavy (non-hydrogen) atoms. The Bertz CT molecular complexity index is 692. The summed E-state index contributed by atoms with van der Waals surface area (Å²) in [6.07, 6.45) is 0.834. The summed E-state index contributed by atoms with van der Waals surface area (Å²) in [6.45, 7) is 8.36. The standard InChI is InChI=1S/C17H22N2O2S/c1-5-13-14(12-8-7-10(3)11(4)9-12)15(16(19-18)22-13)17(20)21-6-2/h7-9,19H,5-6,18H2,1-4H3. The fourth-order valence-electron chi connectivity index (χ4n) is 2.43. The molecule has 1 aromatic carbocycles. The molecule has 4 nitrogen and oxygen atoms in total. The molecular formula is C17H22N2O2S. The number of benzene rings is 1. The minimum atomic E-state index is -0.334. The van der Waals surface area contributed by atoms with Crippen LogP contribution in [0.5, 0.6) is 0 Å². The Labute approximate surface area is 135 Å². The monoisotopic (exact) mass is 318 g/mol. The number of ether oxygens (including phenoxy) is 1. The molecule has 3 N–H and O–H groups in total. The van der Waals surface area contributed by atoms with Gasteiger partial charge < -0.3 is 10.2 Å². The molecule has 0 aliphatic carbocycles. The zero-order valence-electron chi connectivity index (χ0n) is 13.4. The van der Waals surface area contributed by atoms with Gasteiger partial charge in [0, 0.05) is 10.4 Å². The van der Waals surface area contributed by atoms with E-state index in [0.717, 1.165) is 22.4 Å². The van der Waals surface area contributed by atoms with Crippen LogP contribution >= 0.6 is 11.3 Å². The van der Waals surface area contributed by atoms with Crippen molar-refractivity contribution >= 4 is 22.3 Å². The maximum atomic E-state index is 12.4. The first-order chi connectivity index (χ1) is 10.5. The van der Waals surface area contributed by atoms with Crippen LogP contribution in [0.3, 0.4) is 0 Å². The molecule has 0 aliphatic heterocycles. The SMILES string of the molecule is CCOC(=O)c1c(NN)sc(CC)c1-c1ccc(C)c(C)c1. The third-order valence-electron chi connectivity index (χ3n) is 3.71. The summed E-state index contributed by atoms with van der Waals surface area (Å²) in [5.74, 6) is 5.27.